The molecule has 132 valence electrons. The summed E-state index contributed by atoms with van der Waals surface area (Å²) < 4.78 is 10.5. The van der Waals surface area contributed by atoms with Crippen LogP contribution in [0, 0.1) is 0 Å². The fourth-order valence-corrected chi connectivity index (χ4v) is 2.45. The van der Waals surface area contributed by atoms with Crippen LogP contribution in [0.2, 0.25) is 0 Å². The zero-order valence-electron chi connectivity index (χ0n) is 14.7. The van der Waals surface area contributed by atoms with Gasteiger partial charge in [-0.25, -0.2) is 4.79 Å². The minimum Gasteiger partial charge on any atom is -0.495 e. The van der Waals surface area contributed by atoms with E-state index in [0.29, 0.717) is 43.2 Å². The van der Waals surface area contributed by atoms with Gasteiger partial charge in [-0.3, -0.25) is 4.79 Å². The molecule has 0 bridgehead atoms. The number of carbonyl (C=O) groups is 2. The Balaban J connectivity index is 1.97. The fourth-order valence-electron chi connectivity index (χ4n) is 2.45. The number of nitrogens with zero attached hydrogens (tertiary/aromatic N) is 2. The molecule has 7 nitrogen and oxygen atoms in total. The maximum atomic E-state index is 12.6. The van der Waals surface area contributed by atoms with Crippen molar-refractivity contribution in [1.82, 2.24) is 9.80 Å². The number of hydrogen-bond acceptors (Lipinski definition) is 5. The number of benzene rings is 1. The third kappa shape index (κ3) is 4.31. The number of anilines is 1. The highest BCUT2D eigenvalue weighted by atomic mass is 16.6. The normalized spacial score (nSPS) is 15.2. The highest BCUT2D eigenvalue weighted by molar-refractivity contribution is 5.95. The van der Waals surface area contributed by atoms with Gasteiger partial charge in [0.25, 0.3) is 5.91 Å². The maximum absolute atomic E-state index is 12.6. The van der Waals surface area contributed by atoms with Crippen LogP contribution < -0.4 is 10.5 Å². The Bertz CT molecular complexity index is 617. The topological polar surface area (TPSA) is 85.1 Å². The summed E-state index contributed by atoms with van der Waals surface area (Å²) in [5.74, 6) is 0.380. The molecule has 1 heterocycles. The van der Waals surface area contributed by atoms with Crippen LogP contribution in [0.15, 0.2) is 18.2 Å². The first kappa shape index (κ1) is 17.9. The Labute approximate surface area is 142 Å². The van der Waals surface area contributed by atoms with Crippen molar-refractivity contribution < 1.29 is 19.1 Å². The number of amides is 2. The average molecular weight is 335 g/mol. The molecule has 1 aromatic carbocycles. The first-order valence-corrected chi connectivity index (χ1v) is 7.92. The number of piperazine rings is 1. The van der Waals surface area contributed by atoms with E-state index in [9.17, 15) is 9.59 Å². The van der Waals surface area contributed by atoms with Crippen LogP contribution in [0.25, 0.3) is 0 Å². The summed E-state index contributed by atoms with van der Waals surface area (Å²) in [6, 6.07) is 4.97. The second-order valence-electron chi connectivity index (χ2n) is 6.72. The molecule has 1 fully saturated rings. The number of ether oxygens (including phenoxy) is 2. The van der Waals surface area contributed by atoms with Gasteiger partial charge in [0.05, 0.1) is 12.8 Å². The van der Waals surface area contributed by atoms with Crippen LogP contribution in [0.4, 0.5) is 10.5 Å². The lowest BCUT2D eigenvalue weighted by Gasteiger charge is -2.35. The van der Waals surface area contributed by atoms with Gasteiger partial charge in [-0.05, 0) is 39.0 Å². The third-order valence-electron chi connectivity index (χ3n) is 3.70. The molecular formula is C17H25N3O4. The minimum absolute atomic E-state index is 0.0999. The first-order chi connectivity index (χ1) is 11.2. The number of carbonyl (C=O) groups excluding carboxylic acids is 2. The van der Waals surface area contributed by atoms with Crippen LogP contribution in [0.3, 0.4) is 0 Å². The average Bonchev–Trinajstić information content (AvgIpc) is 2.53. The molecule has 2 amide bonds. The molecule has 0 aromatic heterocycles. The van der Waals surface area contributed by atoms with Gasteiger partial charge in [0, 0.05) is 31.7 Å². The molecule has 24 heavy (non-hydrogen) atoms. The Morgan fingerprint density at radius 2 is 1.67 bits per heavy atom. The monoisotopic (exact) mass is 335 g/mol. The predicted molar refractivity (Wildman–Crippen MR) is 91.1 cm³/mol. The molecule has 7 heteroatoms. The van der Waals surface area contributed by atoms with Crippen molar-refractivity contribution in [3.05, 3.63) is 23.8 Å². The van der Waals surface area contributed by atoms with E-state index in [-0.39, 0.29) is 12.0 Å². The molecule has 2 N–H and O–H groups in total. The summed E-state index contributed by atoms with van der Waals surface area (Å²) in [5, 5.41) is 0. The number of methoxy groups -OCH3 is 1. The van der Waals surface area contributed by atoms with E-state index in [0.717, 1.165) is 0 Å². The largest absolute Gasteiger partial charge is 0.495 e. The van der Waals surface area contributed by atoms with Crippen LogP contribution in [-0.2, 0) is 4.74 Å². The van der Waals surface area contributed by atoms with E-state index in [1.807, 2.05) is 20.8 Å². The van der Waals surface area contributed by atoms with Gasteiger partial charge < -0.3 is 25.0 Å². The van der Waals surface area contributed by atoms with E-state index in [1.165, 1.54) is 7.11 Å². The van der Waals surface area contributed by atoms with E-state index in [2.05, 4.69) is 0 Å². The number of nitrogens with two attached hydrogens (primary N) is 1. The molecule has 0 radical (unpaired) electrons. The summed E-state index contributed by atoms with van der Waals surface area (Å²) in [6.07, 6.45) is -0.344. The summed E-state index contributed by atoms with van der Waals surface area (Å²) in [6.45, 7) is 7.33. The zero-order valence-corrected chi connectivity index (χ0v) is 14.7. The molecule has 1 aliphatic rings. The van der Waals surface area contributed by atoms with Crippen molar-refractivity contribution in [2.24, 2.45) is 0 Å². The quantitative estimate of drug-likeness (QED) is 0.835. The molecule has 0 aliphatic carbocycles. The van der Waals surface area contributed by atoms with Crippen molar-refractivity contribution in [2.75, 3.05) is 39.0 Å². The second-order valence-corrected chi connectivity index (χ2v) is 6.72. The summed E-state index contributed by atoms with van der Waals surface area (Å²) in [5.41, 5.74) is 6.26. The molecule has 0 unspecified atom stereocenters. The van der Waals surface area contributed by atoms with Crippen LogP contribution in [0.1, 0.15) is 31.1 Å². The molecule has 0 atom stereocenters. The van der Waals surface area contributed by atoms with E-state index >= 15 is 0 Å². The maximum Gasteiger partial charge on any atom is 0.410 e. The highest BCUT2D eigenvalue weighted by Crippen LogP contribution is 2.23. The van der Waals surface area contributed by atoms with Crippen LogP contribution >= 0.6 is 0 Å². The van der Waals surface area contributed by atoms with Crippen molar-refractivity contribution in [3.8, 4) is 5.75 Å². The lowest BCUT2D eigenvalue weighted by atomic mass is 10.1. The molecule has 0 spiro atoms. The van der Waals surface area contributed by atoms with Crippen LogP contribution in [0.5, 0.6) is 5.75 Å². The second kappa shape index (κ2) is 6.98. The fraction of sp³-hybridized carbons (Fsp3) is 0.529. The van der Waals surface area contributed by atoms with Gasteiger partial charge in [-0.1, -0.05) is 0 Å². The minimum atomic E-state index is -0.523. The van der Waals surface area contributed by atoms with Gasteiger partial charge in [0.2, 0.25) is 0 Å². The Morgan fingerprint density at radius 3 is 2.21 bits per heavy atom. The third-order valence-corrected chi connectivity index (χ3v) is 3.70. The van der Waals surface area contributed by atoms with Gasteiger partial charge in [0.15, 0.2) is 0 Å². The predicted octanol–water partition coefficient (Wildman–Crippen LogP) is 1.97. The molecular weight excluding hydrogens is 310 g/mol. The summed E-state index contributed by atoms with van der Waals surface area (Å²) >= 11 is 0. The number of rotatable bonds is 2. The van der Waals surface area contributed by atoms with Gasteiger partial charge >= 0.3 is 6.09 Å². The van der Waals surface area contributed by atoms with Gasteiger partial charge in [-0.2, -0.15) is 0 Å². The molecule has 1 aliphatic heterocycles. The first-order valence-electron chi connectivity index (χ1n) is 7.92. The zero-order chi connectivity index (χ0) is 17.9. The smallest absolute Gasteiger partial charge is 0.410 e. The van der Waals surface area contributed by atoms with Crippen molar-refractivity contribution >= 4 is 17.7 Å². The summed E-state index contributed by atoms with van der Waals surface area (Å²) in [7, 11) is 1.51. The van der Waals surface area contributed by atoms with Crippen molar-refractivity contribution in [3.63, 3.8) is 0 Å². The molecule has 1 aromatic rings. The lowest BCUT2D eigenvalue weighted by Crippen LogP contribution is -2.51. The Morgan fingerprint density at radius 1 is 1.08 bits per heavy atom. The van der Waals surface area contributed by atoms with Crippen LogP contribution in [-0.4, -0.2) is 60.7 Å². The van der Waals surface area contributed by atoms with E-state index < -0.39 is 5.60 Å². The van der Waals surface area contributed by atoms with Gasteiger partial charge in [-0.15, -0.1) is 0 Å². The number of hydrogen-bond donors (Lipinski definition) is 1. The molecule has 1 saturated heterocycles. The molecule has 2 rings (SSSR count). The van der Waals surface area contributed by atoms with E-state index in [4.69, 9.17) is 15.2 Å². The Hall–Kier alpha value is -2.44. The highest BCUT2D eigenvalue weighted by Gasteiger charge is 2.28. The number of nitrogen functional groups attached to an aromatic ring is 1. The van der Waals surface area contributed by atoms with Crippen molar-refractivity contribution in [1.29, 1.82) is 0 Å². The van der Waals surface area contributed by atoms with Gasteiger partial charge in [0.1, 0.15) is 11.4 Å². The van der Waals surface area contributed by atoms with Crippen molar-refractivity contribution in [2.45, 2.75) is 26.4 Å². The Kier molecular flexibility index (Phi) is 5.21. The SMILES string of the molecule is COc1cc(C(=O)N2CCN(C(=O)OC(C)(C)C)CC2)ccc1N. The van der Waals surface area contributed by atoms with E-state index in [1.54, 1.807) is 28.0 Å². The lowest BCUT2D eigenvalue weighted by molar-refractivity contribution is 0.0141. The molecule has 0 saturated carbocycles. The summed E-state index contributed by atoms with van der Waals surface area (Å²) in [4.78, 5) is 28.0. The standard InChI is InChI=1S/C17H25N3O4/c1-17(2,3)24-16(22)20-9-7-19(8-10-20)15(21)12-5-6-13(18)14(11-12)23-4/h5-6,11H,7-10,18H2,1-4H3.